The van der Waals surface area contributed by atoms with Crippen molar-refractivity contribution in [1.29, 1.82) is 0 Å². The van der Waals surface area contributed by atoms with Gasteiger partial charge < -0.3 is 14.4 Å². The van der Waals surface area contributed by atoms with Gasteiger partial charge in [0.1, 0.15) is 13.1 Å². The zero-order valence-electron chi connectivity index (χ0n) is 15.8. The van der Waals surface area contributed by atoms with E-state index in [1.54, 1.807) is 12.1 Å². The standard InChI is InChI=1S/C18H24N2O7S/c1-26-17(22)11-20(12-18(23)27-2)16(21)10-5-13-3-8-15(9-4-13)28(24,25)19-14-6-7-14/h3-4,8-9,14,19H,5-7,10-12H2,1-2H3. The van der Waals surface area contributed by atoms with Gasteiger partial charge in [0.2, 0.25) is 15.9 Å². The highest BCUT2D eigenvalue weighted by Gasteiger charge is 2.28. The van der Waals surface area contributed by atoms with Crippen LogP contribution < -0.4 is 4.72 Å². The number of sulfonamides is 1. The van der Waals surface area contributed by atoms with Crippen LogP contribution in [0.4, 0.5) is 0 Å². The molecular weight excluding hydrogens is 388 g/mol. The Morgan fingerprint density at radius 2 is 1.57 bits per heavy atom. The van der Waals surface area contributed by atoms with E-state index in [0.717, 1.165) is 23.3 Å². The second-order valence-corrected chi connectivity index (χ2v) is 8.16. The quantitative estimate of drug-likeness (QED) is 0.547. The van der Waals surface area contributed by atoms with E-state index in [1.807, 2.05) is 0 Å². The van der Waals surface area contributed by atoms with Gasteiger partial charge in [0.25, 0.3) is 0 Å². The van der Waals surface area contributed by atoms with Crippen LogP contribution in [-0.2, 0) is 40.3 Å². The Hall–Kier alpha value is -2.46. The molecule has 1 N–H and O–H groups in total. The van der Waals surface area contributed by atoms with Crippen LogP contribution >= 0.6 is 0 Å². The number of amides is 1. The van der Waals surface area contributed by atoms with Crippen molar-refractivity contribution >= 4 is 27.9 Å². The number of carbonyl (C=O) groups excluding carboxylic acids is 3. The number of benzene rings is 1. The highest BCUT2D eigenvalue weighted by atomic mass is 32.2. The first kappa shape index (κ1) is 21.8. The fourth-order valence-electron chi connectivity index (χ4n) is 2.41. The lowest BCUT2D eigenvalue weighted by Crippen LogP contribution is -2.40. The monoisotopic (exact) mass is 412 g/mol. The summed E-state index contributed by atoms with van der Waals surface area (Å²) in [6.45, 7) is -0.705. The largest absolute Gasteiger partial charge is 0.468 e. The first-order chi connectivity index (χ1) is 13.2. The third-order valence-corrected chi connectivity index (χ3v) is 5.74. The molecule has 28 heavy (non-hydrogen) atoms. The maximum Gasteiger partial charge on any atom is 0.325 e. The van der Waals surface area contributed by atoms with Crippen LogP contribution in [0.25, 0.3) is 0 Å². The molecule has 0 atom stereocenters. The van der Waals surface area contributed by atoms with Gasteiger partial charge in [0.15, 0.2) is 0 Å². The highest BCUT2D eigenvalue weighted by Crippen LogP contribution is 2.22. The zero-order valence-corrected chi connectivity index (χ0v) is 16.7. The summed E-state index contributed by atoms with van der Waals surface area (Å²) in [5, 5.41) is 0. The van der Waals surface area contributed by atoms with Gasteiger partial charge in [-0.2, -0.15) is 0 Å². The molecule has 1 aliphatic rings. The topological polar surface area (TPSA) is 119 Å². The van der Waals surface area contributed by atoms with Crippen molar-refractivity contribution in [3.8, 4) is 0 Å². The summed E-state index contributed by atoms with van der Waals surface area (Å²) in [6.07, 6.45) is 2.08. The third-order valence-electron chi connectivity index (χ3n) is 4.21. The second kappa shape index (κ2) is 9.65. The second-order valence-electron chi connectivity index (χ2n) is 6.44. The highest BCUT2D eigenvalue weighted by molar-refractivity contribution is 7.89. The lowest BCUT2D eigenvalue weighted by molar-refractivity contribution is -0.152. The molecule has 0 unspecified atom stereocenters. The van der Waals surface area contributed by atoms with Crippen molar-refractivity contribution in [3.05, 3.63) is 29.8 Å². The molecule has 0 heterocycles. The van der Waals surface area contributed by atoms with Crippen molar-refractivity contribution in [1.82, 2.24) is 9.62 Å². The molecule has 2 rings (SSSR count). The average molecular weight is 412 g/mol. The van der Waals surface area contributed by atoms with Crippen molar-refractivity contribution in [2.45, 2.75) is 36.6 Å². The lowest BCUT2D eigenvalue weighted by atomic mass is 10.1. The molecule has 1 aromatic rings. The van der Waals surface area contributed by atoms with E-state index in [2.05, 4.69) is 14.2 Å². The Morgan fingerprint density at radius 3 is 2.04 bits per heavy atom. The van der Waals surface area contributed by atoms with Gasteiger partial charge in [-0.1, -0.05) is 12.1 Å². The van der Waals surface area contributed by atoms with E-state index in [9.17, 15) is 22.8 Å². The van der Waals surface area contributed by atoms with Crippen LogP contribution in [0.15, 0.2) is 29.2 Å². The molecule has 0 spiro atoms. The van der Waals surface area contributed by atoms with E-state index >= 15 is 0 Å². The number of rotatable bonds is 10. The third kappa shape index (κ3) is 6.61. The predicted molar refractivity (Wildman–Crippen MR) is 98.7 cm³/mol. The number of aryl methyl sites for hydroxylation is 1. The SMILES string of the molecule is COC(=O)CN(CC(=O)OC)C(=O)CCc1ccc(S(=O)(=O)NC2CC2)cc1. The van der Waals surface area contributed by atoms with Gasteiger partial charge in [0.05, 0.1) is 19.1 Å². The van der Waals surface area contributed by atoms with Gasteiger partial charge in [0, 0.05) is 12.5 Å². The van der Waals surface area contributed by atoms with Crippen LogP contribution in [0.2, 0.25) is 0 Å². The number of esters is 2. The maximum atomic E-state index is 12.4. The minimum atomic E-state index is -3.52. The Balaban J connectivity index is 1.95. The fraction of sp³-hybridized carbons (Fsp3) is 0.500. The van der Waals surface area contributed by atoms with Crippen molar-refractivity contribution in [2.75, 3.05) is 27.3 Å². The van der Waals surface area contributed by atoms with Gasteiger partial charge in [-0.25, -0.2) is 13.1 Å². The van der Waals surface area contributed by atoms with E-state index < -0.39 is 27.9 Å². The minimum Gasteiger partial charge on any atom is -0.468 e. The molecule has 0 radical (unpaired) electrons. The molecule has 1 fully saturated rings. The molecule has 154 valence electrons. The fourth-order valence-corrected chi connectivity index (χ4v) is 3.71. The Bertz CT molecular complexity index is 799. The van der Waals surface area contributed by atoms with Crippen molar-refractivity contribution in [3.63, 3.8) is 0 Å². The Kier molecular flexibility index (Phi) is 7.53. The summed E-state index contributed by atoms with van der Waals surface area (Å²) < 4.78 is 36.0. The molecule has 0 aromatic heterocycles. The van der Waals surface area contributed by atoms with E-state index in [-0.39, 0.29) is 30.4 Å². The summed E-state index contributed by atoms with van der Waals surface area (Å²) in [4.78, 5) is 36.5. The molecule has 1 amide bonds. The average Bonchev–Trinajstić information content (AvgIpc) is 3.48. The summed E-state index contributed by atoms with van der Waals surface area (Å²) in [5.41, 5.74) is 0.759. The molecule has 1 aliphatic carbocycles. The Labute approximate surface area is 164 Å². The lowest BCUT2D eigenvalue weighted by Gasteiger charge is -2.20. The zero-order chi connectivity index (χ0) is 20.7. The van der Waals surface area contributed by atoms with E-state index in [0.29, 0.717) is 6.42 Å². The summed E-state index contributed by atoms with van der Waals surface area (Å²) in [6, 6.07) is 6.29. The number of hydrogen-bond acceptors (Lipinski definition) is 7. The summed E-state index contributed by atoms with van der Waals surface area (Å²) in [5.74, 6) is -1.70. The smallest absolute Gasteiger partial charge is 0.325 e. The van der Waals surface area contributed by atoms with Gasteiger partial charge in [-0.3, -0.25) is 14.4 Å². The maximum absolute atomic E-state index is 12.4. The number of nitrogens with zero attached hydrogens (tertiary/aromatic N) is 1. The predicted octanol–water partition coefficient (Wildman–Crippen LogP) is 0.235. The molecular formula is C18H24N2O7S. The molecule has 1 aromatic carbocycles. The molecule has 9 nitrogen and oxygen atoms in total. The number of hydrogen-bond donors (Lipinski definition) is 1. The number of carbonyl (C=O) groups is 3. The van der Waals surface area contributed by atoms with Gasteiger partial charge >= 0.3 is 11.9 Å². The van der Waals surface area contributed by atoms with Crippen LogP contribution in [0, 0.1) is 0 Å². The first-order valence-corrected chi connectivity index (χ1v) is 10.3. The Morgan fingerprint density at radius 1 is 1.04 bits per heavy atom. The minimum absolute atomic E-state index is 0.0258. The molecule has 1 saturated carbocycles. The van der Waals surface area contributed by atoms with Crippen molar-refractivity contribution in [2.24, 2.45) is 0 Å². The number of methoxy groups -OCH3 is 2. The van der Waals surface area contributed by atoms with Gasteiger partial charge in [-0.15, -0.1) is 0 Å². The van der Waals surface area contributed by atoms with E-state index in [4.69, 9.17) is 0 Å². The van der Waals surface area contributed by atoms with Crippen LogP contribution in [0.5, 0.6) is 0 Å². The normalized spacial score (nSPS) is 13.6. The van der Waals surface area contributed by atoms with Crippen LogP contribution in [0.3, 0.4) is 0 Å². The first-order valence-electron chi connectivity index (χ1n) is 8.78. The molecule has 0 bridgehead atoms. The van der Waals surface area contributed by atoms with E-state index in [1.165, 1.54) is 26.4 Å². The summed E-state index contributed by atoms with van der Waals surface area (Å²) in [7, 11) is -1.14. The summed E-state index contributed by atoms with van der Waals surface area (Å²) >= 11 is 0. The number of nitrogens with one attached hydrogen (secondary N) is 1. The molecule has 0 aliphatic heterocycles. The van der Waals surface area contributed by atoms with Crippen molar-refractivity contribution < 1.29 is 32.3 Å². The van der Waals surface area contributed by atoms with Gasteiger partial charge in [-0.05, 0) is 37.0 Å². The number of ether oxygens (including phenoxy) is 2. The van der Waals surface area contributed by atoms with Crippen LogP contribution in [0.1, 0.15) is 24.8 Å². The molecule has 10 heteroatoms. The van der Waals surface area contributed by atoms with Crippen LogP contribution in [-0.4, -0.2) is 64.5 Å². The molecule has 0 saturated heterocycles.